The summed E-state index contributed by atoms with van der Waals surface area (Å²) >= 11 is 0. The Bertz CT molecular complexity index is 824. The maximum absolute atomic E-state index is 13.1. The summed E-state index contributed by atoms with van der Waals surface area (Å²) in [5, 5.41) is 9.35. The van der Waals surface area contributed by atoms with Crippen molar-refractivity contribution in [3.05, 3.63) is 71.9 Å². The van der Waals surface area contributed by atoms with Crippen LogP contribution in [0.15, 0.2) is 54.9 Å². The van der Waals surface area contributed by atoms with Crippen LogP contribution in [-0.4, -0.2) is 20.6 Å². The number of hydrogen-bond donors (Lipinski definition) is 1. The maximum Gasteiger partial charge on any atom is 0.337 e. The Balaban J connectivity index is 2.27. The van der Waals surface area contributed by atoms with Gasteiger partial charge in [-0.15, -0.1) is 0 Å². The number of benzene rings is 1. The summed E-state index contributed by atoms with van der Waals surface area (Å²) in [5.74, 6) is -1.33. The third kappa shape index (κ3) is 2.37. The van der Waals surface area contributed by atoms with Crippen molar-refractivity contribution in [2.75, 3.05) is 0 Å². The van der Waals surface area contributed by atoms with Crippen LogP contribution >= 0.6 is 0 Å². The van der Waals surface area contributed by atoms with Gasteiger partial charge < -0.3 is 9.67 Å². The first-order valence-corrected chi connectivity index (χ1v) is 6.70. The van der Waals surface area contributed by atoms with Gasteiger partial charge in [0, 0.05) is 29.3 Å². The zero-order chi connectivity index (χ0) is 15.7. The zero-order valence-corrected chi connectivity index (χ0v) is 11.8. The monoisotopic (exact) mass is 296 g/mol. The van der Waals surface area contributed by atoms with Crippen molar-refractivity contribution in [2.45, 2.75) is 6.92 Å². The summed E-state index contributed by atoms with van der Waals surface area (Å²) in [4.78, 5) is 15.5. The number of nitrogens with zero attached hydrogens (tertiary/aromatic N) is 2. The molecule has 0 saturated carbocycles. The molecule has 0 bridgehead atoms. The molecule has 1 N–H and O–H groups in total. The van der Waals surface area contributed by atoms with Gasteiger partial charge in [0.1, 0.15) is 5.82 Å². The van der Waals surface area contributed by atoms with Gasteiger partial charge in [-0.2, -0.15) is 0 Å². The molecule has 4 nitrogen and oxygen atoms in total. The molecule has 5 heteroatoms. The summed E-state index contributed by atoms with van der Waals surface area (Å²) in [6.45, 7) is 1.73. The van der Waals surface area contributed by atoms with Crippen LogP contribution in [0.4, 0.5) is 4.39 Å². The van der Waals surface area contributed by atoms with E-state index in [0.29, 0.717) is 17.1 Å². The van der Waals surface area contributed by atoms with Crippen molar-refractivity contribution >= 4 is 5.97 Å². The molecule has 0 radical (unpaired) electrons. The highest BCUT2D eigenvalue weighted by Crippen LogP contribution is 2.29. The lowest BCUT2D eigenvalue weighted by Crippen LogP contribution is -2.02. The minimum atomic E-state index is -0.997. The molecule has 1 aromatic carbocycles. The molecule has 0 aliphatic heterocycles. The summed E-state index contributed by atoms with van der Waals surface area (Å²) in [6, 6.07) is 11.2. The molecule has 0 saturated heterocycles. The first-order valence-electron chi connectivity index (χ1n) is 6.70. The maximum atomic E-state index is 13.1. The number of carboxylic acid groups (broad SMARTS) is 1. The topological polar surface area (TPSA) is 55.1 Å². The van der Waals surface area contributed by atoms with Gasteiger partial charge in [0.2, 0.25) is 0 Å². The Kier molecular flexibility index (Phi) is 3.47. The molecule has 0 atom stereocenters. The molecule has 0 fully saturated rings. The van der Waals surface area contributed by atoms with Crippen molar-refractivity contribution < 1.29 is 14.3 Å². The Hall–Kier alpha value is -2.95. The predicted molar refractivity (Wildman–Crippen MR) is 80.7 cm³/mol. The standard InChI is InChI=1S/C17H13FN2O2/c1-11-15(17(21)22)9-16(12-3-2-8-19-10-12)20(11)14-6-4-13(18)5-7-14/h2-10H,1H3,(H,21,22). The summed E-state index contributed by atoms with van der Waals surface area (Å²) in [6.07, 6.45) is 3.32. The fourth-order valence-electron chi connectivity index (χ4n) is 2.47. The third-order valence-corrected chi connectivity index (χ3v) is 3.52. The molecule has 22 heavy (non-hydrogen) atoms. The SMILES string of the molecule is Cc1c(C(=O)O)cc(-c2cccnc2)n1-c1ccc(F)cc1. The van der Waals surface area contributed by atoms with E-state index in [1.54, 1.807) is 48.1 Å². The normalized spacial score (nSPS) is 10.6. The smallest absolute Gasteiger partial charge is 0.337 e. The van der Waals surface area contributed by atoms with Crippen LogP contribution in [0, 0.1) is 12.7 Å². The van der Waals surface area contributed by atoms with Gasteiger partial charge in [0.25, 0.3) is 0 Å². The summed E-state index contributed by atoms with van der Waals surface area (Å²) < 4.78 is 14.9. The second-order valence-corrected chi connectivity index (χ2v) is 4.89. The van der Waals surface area contributed by atoms with Crippen LogP contribution in [0.2, 0.25) is 0 Å². The van der Waals surface area contributed by atoms with Crippen LogP contribution in [0.5, 0.6) is 0 Å². The minimum Gasteiger partial charge on any atom is -0.478 e. The van der Waals surface area contributed by atoms with Crippen molar-refractivity contribution in [1.29, 1.82) is 0 Å². The van der Waals surface area contributed by atoms with Crippen LogP contribution in [0.1, 0.15) is 16.1 Å². The van der Waals surface area contributed by atoms with Gasteiger partial charge in [0.05, 0.1) is 11.3 Å². The largest absolute Gasteiger partial charge is 0.478 e. The molecule has 2 heterocycles. The van der Waals surface area contributed by atoms with Crippen LogP contribution in [-0.2, 0) is 0 Å². The molecule has 3 rings (SSSR count). The van der Waals surface area contributed by atoms with Crippen LogP contribution < -0.4 is 0 Å². The van der Waals surface area contributed by atoms with Crippen molar-refractivity contribution in [2.24, 2.45) is 0 Å². The number of aromatic nitrogens is 2. The Labute approximate surface area is 126 Å². The van der Waals surface area contributed by atoms with Gasteiger partial charge in [-0.1, -0.05) is 0 Å². The lowest BCUT2D eigenvalue weighted by atomic mass is 10.2. The molecule has 3 aromatic rings. The minimum absolute atomic E-state index is 0.211. The second-order valence-electron chi connectivity index (χ2n) is 4.89. The first kappa shape index (κ1) is 14.0. The average molecular weight is 296 g/mol. The lowest BCUT2D eigenvalue weighted by molar-refractivity contribution is 0.0696. The van der Waals surface area contributed by atoms with Crippen molar-refractivity contribution in [3.8, 4) is 16.9 Å². The Morgan fingerprint density at radius 3 is 2.55 bits per heavy atom. The number of carboxylic acids is 1. The van der Waals surface area contributed by atoms with E-state index in [9.17, 15) is 14.3 Å². The second kappa shape index (κ2) is 5.44. The molecule has 110 valence electrons. The highest BCUT2D eigenvalue weighted by molar-refractivity contribution is 5.91. The highest BCUT2D eigenvalue weighted by Gasteiger charge is 2.19. The summed E-state index contributed by atoms with van der Waals surface area (Å²) in [7, 11) is 0. The summed E-state index contributed by atoms with van der Waals surface area (Å²) in [5.41, 5.74) is 2.99. The molecule has 0 unspecified atom stereocenters. The fourth-order valence-corrected chi connectivity index (χ4v) is 2.47. The number of hydrogen-bond acceptors (Lipinski definition) is 2. The quantitative estimate of drug-likeness (QED) is 0.802. The van der Waals surface area contributed by atoms with Gasteiger partial charge in [0.15, 0.2) is 0 Å². The first-order chi connectivity index (χ1) is 10.6. The number of aromatic carboxylic acids is 1. The van der Waals surface area contributed by atoms with Gasteiger partial charge in [-0.25, -0.2) is 9.18 Å². The molecule has 0 aliphatic rings. The highest BCUT2D eigenvalue weighted by atomic mass is 19.1. The van der Waals surface area contributed by atoms with E-state index in [4.69, 9.17) is 0 Å². The Morgan fingerprint density at radius 2 is 1.95 bits per heavy atom. The van der Waals surface area contributed by atoms with E-state index in [2.05, 4.69) is 4.98 Å². The van der Waals surface area contributed by atoms with E-state index in [0.717, 1.165) is 5.56 Å². The lowest BCUT2D eigenvalue weighted by Gasteiger charge is -2.12. The van der Waals surface area contributed by atoms with Gasteiger partial charge in [-0.05, 0) is 49.4 Å². The van der Waals surface area contributed by atoms with E-state index in [-0.39, 0.29) is 11.4 Å². The van der Waals surface area contributed by atoms with Crippen molar-refractivity contribution in [3.63, 3.8) is 0 Å². The molecule has 2 aromatic heterocycles. The number of pyridine rings is 1. The van der Waals surface area contributed by atoms with E-state index >= 15 is 0 Å². The van der Waals surface area contributed by atoms with E-state index in [1.165, 1.54) is 12.1 Å². The molecule has 0 aliphatic carbocycles. The Morgan fingerprint density at radius 1 is 1.23 bits per heavy atom. The van der Waals surface area contributed by atoms with Crippen LogP contribution in [0.3, 0.4) is 0 Å². The molecular formula is C17H13FN2O2. The van der Waals surface area contributed by atoms with Crippen molar-refractivity contribution in [1.82, 2.24) is 9.55 Å². The van der Waals surface area contributed by atoms with Gasteiger partial charge >= 0.3 is 5.97 Å². The number of rotatable bonds is 3. The molecule has 0 spiro atoms. The number of carbonyl (C=O) groups is 1. The molecular weight excluding hydrogens is 283 g/mol. The zero-order valence-electron chi connectivity index (χ0n) is 11.8. The fraction of sp³-hybridized carbons (Fsp3) is 0.0588. The molecule has 0 amide bonds. The van der Waals surface area contributed by atoms with Gasteiger partial charge in [-0.3, -0.25) is 4.98 Å². The predicted octanol–water partition coefficient (Wildman–Crippen LogP) is 3.69. The van der Waals surface area contributed by atoms with E-state index in [1.807, 2.05) is 6.07 Å². The van der Waals surface area contributed by atoms with E-state index < -0.39 is 5.97 Å². The number of halogens is 1. The third-order valence-electron chi connectivity index (χ3n) is 3.52. The van der Waals surface area contributed by atoms with Crippen LogP contribution in [0.25, 0.3) is 16.9 Å². The average Bonchev–Trinajstić information content (AvgIpc) is 2.87.